The van der Waals surface area contributed by atoms with Crippen molar-refractivity contribution in [3.8, 4) is 6.07 Å². The molecule has 1 aromatic rings. The standard InChI is InChI=1S/C17H26N2/c1-11(2)14-8-7-13(5)15(9-14)17(19-6)16(10-18)12(3)4/h7-9,11-12,16-17,19H,1-6H3. The molecule has 0 amide bonds. The molecule has 2 heteroatoms. The minimum absolute atomic E-state index is 0.00823. The molecule has 0 bridgehead atoms. The maximum Gasteiger partial charge on any atom is 0.0681 e. The molecule has 2 unspecified atom stereocenters. The van der Waals surface area contributed by atoms with E-state index in [4.69, 9.17) is 0 Å². The molecule has 0 aliphatic carbocycles. The molecule has 2 atom stereocenters. The van der Waals surface area contributed by atoms with Crippen molar-refractivity contribution in [2.24, 2.45) is 11.8 Å². The van der Waals surface area contributed by atoms with Gasteiger partial charge in [0.2, 0.25) is 0 Å². The largest absolute Gasteiger partial charge is 0.312 e. The molecule has 1 N–H and O–H groups in total. The Morgan fingerprint density at radius 3 is 2.21 bits per heavy atom. The van der Waals surface area contributed by atoms with Crippen LogP contribution in [0.2, 0.25) is 0 Å². The average molecular weight is 258 g/mol. The van der Waals surface area contributed by atoms with E-state index in [1.807, 2.05) is 7.05 Å². The van der Waals surface area contributed by atoms with E-state index in [-0.39, 0.29) is 12.0 Å². The molecule has 0 saturated carbocycles. The summed E-state index contributed by atoms with van der Waals surface area (Å²) in [4.78, 5) is 0. The molecule has 19 heavy (non-hydrogen) atoms. The van der Waals surface area contributed by atoms with Crippen LogP contribution in [0.25, 0.3) is 0 Å². The minimum atomic E-state index is -0.00823. The van der Waals surface area contributed by atoms with Crippen molar-refractivity contribution in [3.63, 3.8) is 0 Å². The van der Waals surface area contributed by atoms with E-state index < -0.39 is 0 Å². The van der Waals surface area contributed by atoms with Crippen LogP contribution in [-0.2, 0) is 0 Å². The van der Waals surface area contributed by atoms with Crippen molar-refractivity contribution < 1.29 is 0 Å². The second kappa shape index (κ2) is 6.73. The summed E-state index contributed by atoms with van der Waals surface area (Å²) in [5.74, 6) is 0.840. The lowest BCUT2D eigenvalue weighted by Gasteiger charge is -2.27. The number of nitriles is 1. The molecule has 0 radical (unpaired) electrons. The Hall–Kier alpha value is -1.33. The second-order valence-corrected chi connectivity index (χ2v) is 5.94. The molecular formula is C17H26N2. The molecule has 0 fully saturated rings. The van der Waals surface area contributed by atoms with E-state index in [2.05, 4.69) is 64.2 Å². The van der Waals surface area contributed by atoms with Gasteiger partial charge in [-0.15, -0.1) is 0 Å². The SMILES string of the molecule is CNC(c1cc(C(C)C)ccc1C)C(C#N)C(C)C. The molecule has 104 valence electrons. The summed E-state index contributed by atoms with van der Waals surface area (Å²) in [6, 6.07) is 9.18. The van der Waals surface area contributed by atoms with Crippen LogP contribution in [0.15, 0.2) is 18.2 Å². The van der Waals surface area contributed by atoms with Crippen molar-refractivity contribution in [2.45, 2.75) is 46.6 Å². The summed E-state index contributed by atoms with van der Waals surface area (Å²) >= 11 is 0. The molecule has 0 aromatic heterocycles. The Balaban J connectivity index is 3.24. The minimum Gasteiger partial charge on any atom is -0.312 e. The van der Waals surface area contributed by atoms with Crippen LogP contribution in [0.1, 0.15) is 56.3 Å². The van der Waals surface area contributed by atoms with Gasteiger partial charge in [0, 0.05) is 6.04 Å². The third-order valence-corrected chi connectivity index (χ3v) is 3.84. The highest BCUT2D eigenvalue weighted by Crippen LogP contribution is 2.31. The number of benzene rings is 1. The summed E-state index contributed by atoms with van der Waals surface area (Å²) in [6.07, 6.45) is 0. The van der Waals surface area contributed by atoms with E-state index in [0.29, 0.717) is 11.8 Å². The molecule has 1 rings (SSSR count). The van der Waals surface area contributed by atoms with Gasteiger partial charge in [-0.3, -0.25) is 0 Å². The summed E-state index contributed by atoms with van der Waals surface area (Å²) in [7, 11) is 1.94. The fourth-order valence-electron chi connectivity index (χ4n) is 2.49. The van der Waals surface area contributed by atoms with Gasteiger partial charge in [0.05, 0.1) is 12.0 Å². The van der Waals surface area contributed by atoms with E-state index >= 15 is 0 Å². The molecule has 1 aromatic carbocycles. The van der Waals surface area contributed by atoms with Gasteiger partial charge in [-0.2, -0.15) is 5.26 Å². The summed E-state index contributed by atoms with van der Waals surface area (Å²) < 4.78 is 0. The van der Waals surface area contributed by atoms with Gasteiger partial charge in [-0.05, 0) is 42.5 Å². The monoisotopic (exact) mass is 258 g/mol. The predicted molar refractivity (Wildman–Crippen MR) is 81.0 cm³/mol. The highest BCUT2D eigenvalue weighted by Gasteiger charge is 2.26. The smallest absolute Gasteiger partial charge is 0.0681 e. The van der Waals surface area contributed by atoms with Crippen LogP contribution in [-0.4, -0.2) is 7.05 Å². The van der Waals surface area contributed by atoms with Crippen LogP contribution < -0.4 is 5.32 Å². The topological polar surface area (TPSA) is 35.8 Å². The van der Waals surface area contributed by atoms with Crippen molar-refractivity contribution in [2.75, 3.05) is 7.05 Å². The van der Waals surface area contributed by atoms with Gasteiger partial charge in [0.25, 0.3) is 0 Å². The lowest BCUT2D eigenvalue weighted by atomic mass is 9.83. The maximum absolute atomic E-state index is 9.44. The third kappa shape index (κ3) is 3.58. The van der Waals surface area contributed by atoms with E-state index in [1.54, 1.807) is 0 Å². The van der Waals surface area contributed by atoms with Crippen molar-refractivity contribution in [3.05, 3.63) is 34.9 Å². The average Bonchev–Trinajstić information content (AvgIpc) is 2.36. The fourth-order valence-corrected chi connectivity index (χ4v) is 2.49. The van der Waals surface area contributed by atoms with Gasteiger partial charge >= 0.3 is 0 Å². The van der Waals surface area contributed by atoms with Crippen LogP contribution in [0, 0.1) is 30.1 Å². The maximum atomic E-state index is 9.44. The van der Waals surface area contributed by atoms with E-state index in [9.17, 15) is 5.26 Å². The highest BCUT2D eigenvalue weighted by molar-refractivity contribution is 5.36. The summed E-state index contributed by atoms with van der Waals surface area (Å²) in [5.41, 5.74) is 3.85. The van der Waals surface area contributed by atoms with E-state index in [0.717, 1.165) is 0 Å². The van der Waals surface area contributed by atoms with Gasteiger partial charge < -0.3 is 5.32 Å². The third-order valence-electron chi connectivity index (χ3n) is 3.84. The number of nitrogens with one attached hydrogen (secondary N) is 1. The number of nitrogens with zero attached hydrogens (tertiary/aromatic N) is 1. The van der Waals surface area contributed by atoms with Gasteiger partial charge in [-0.25, -0.2) is 0 Å². The molecule has 0 spiro atoms. The molecule has 0 heterocycles. The Labute approximate surface area is 117 Å². The lowest BCUT2D eigenvalue weighted by molar-refractivity contribution is 0.362. The van der Waals surface area contributed by atoms with Gasteiger partial charge in [0.1, 0.15) is 0 Å². The Morgan fingerprint density at radius 1 is 1.16 bits per heavy atom. The van der Waals surface area contributed by atoms with Crippen molar-refractivity contribution in [1.29, 1.82) is 5.26 Å². The zero-order valence-corrected chi connectivity index (χ0v) is 13.0. The predicted octanol–water partition coefficient (Wildman–Crippen LogP) is 4.17. The molecule has 0 aliphatic heterocycles. The molecular weight excluding hydrogens is 232 g/mol. The number of hydrogen-bond donors (Lipinski definition) is 1. The highest BCUT2D eigenvalue weighted by atomic mass is 14.9. The normalized spacial score (nSPS) is 14.5. The van der Waals surface area contributed by atoms with Crippen molar-refractivity contribution >= 4 is 0 Å². The first-order chi connectivity index (χ1) is 8.92. The number of rotatable bonds is 5. The molecule has 2 nitrogen and oxygen atoms in total. The first kappa shape index (κ1) is 15.7. The quantitative estimate of drug-likeness (QED) is 0.860. The zero-order chi connectivity index (χ0) is 14.6. The molecule has 0 aliphatic rings. The number of hydrogen-bond acceptors (Lipinski definition) is 2. The van der Waals surface area contributed by atoms with Crippen LogP contribution in [0.5, 0.6) is 0 Å². The zero-order valence-electron chi connectivity index (χ0n) is 13.0. The lowest BCUT2D eigenvalue weighted by Crippen LogP contribution is -2.28. The first-order valence-corrected chi connectivity index (χ1v) is 7.09. The first-order valence-electron chi connectivity index (χ1n) is 7.09. The van der Waals surface area contributed by atoms with Gasteiger partial charge in [-0.1, -0.05) is 45.9 Å². The summed E-state index contributed by atoms with van der Waals surface area (Å²) in [5, 5.41) is 12.8. The Morgan fingerprint density at radius 2 is 1.79 bits per heavy atom. The second-order valence-electron chi connectivity index (χ2n) is 5.94. The van der Waals surface area contributed by atoms with Crippen LogP contribution in [0.3, 0.4) is 0 Å². The van der Waals surface area contributed by atoms with E-state index in [1.165, 1.54) is 16.7 Å². The van der Waals surface area contributed by atoms with Gasteiger partial charge in [0.15, 0.2) is 0 Å². The van der Waals surface area contributed by atoms with Crippen LogP contribution >= 0.6 is 0 Å². The fraction of sp³-hybridized carbons (Fsp3) is 0.588. The van der Waals surface area contributed by atoms with Crippen molar-refractivity contribution in [1.82, 2.24) is 5.32 Å². The van der Waals surface area contributed by atoms with Crippen LogP contribution in [0.4, 0.5) is 0 Å². The molecule has 0 saturated heterocycles. The Kier molecular flexibility index (Phi) is 5.57. The number of aryl methyl sites for hydroxylation is 1. The Bertz CT molecular complexity index is 455. The summed E-state index contributed by atoms with van der Waals surface area (Å²) in [6.45, 7) is 10.7.